The molecule has 4 aromatic heterocycles. The van der Waals surface area contributed by atoms with E-state index in [0.717, 1.165) is 69.4 Å². The molecule has 0 fully saturated rings. The molecule has 0 aliphatic heterocycles. The van der Waals surface area contributed by atoms with Gasteiger partial charge in [0.15, 0.2) is 11.7 Å². The van der Waals surface area contributed by atoms with Crippen molar-refractivity contribution in [3.8, 4) is 22.3 Å². The molecule has 8 aromatic carbocycles. The summed E-state index contributed by atoms with van der Waals surface area (Å²) in [7, 11) is 0. The van der Waals surface area contributed by atoms with Crippen molar-refractivity contribution in [3.05, 3.63) is 204 Å². The molecular formula is C58H37N3OS3. The van der Waals surface area contributed by atoms with Crippen molar-refractivity contribution >= 4 is 136 Å². The molecule has 1 N–H and O–H groups in total. The Hall–Kier alpha value is -7.55. The third-order valence-corrected chi connectivity index (χ3v) is 15.6. The molecule has 4 heterocycles. The van der Waals surface area contributed by atoms with E-state index in [1.165, 1.54) is 52.3 Å². The molecule has 4 nitrogen and oxygen atoms in total. The minimum atomic E-state index is 0.138. The molecule has 12 rings (SSSR count). The van der Waals surface area contributed by atoms with Crippen LogP contribution in [0.1, 0.15) is 34.1 Å². The molecule has 0 bridgehead atoms. The Labute approximate surface area is 386 Å². The van der Waals surface area contributed by atoms with Crippen LogP contribution in [-0.2, 0) is 0 Å². The van der Waals surface area contributed by atoms with Gasteiger partial charge in [0.1, 0.15) is 11.2 Å². The first-order valence-electron chi connectivity index (χ1n) is 21.4. The molecule has 7 heteroatoms. The van der Waals surface area contributed by atoms with Crippen LogP contribution in [0.4, 0.5) is 0 Å². The van der Waals surface area contributed by atoms with Crippen molar-refractivity contribution in [1.29, 1.82) is 5.41 Å². The summed E-state index contributed by atoms with van der Waals surface area (Å²) >= 11 is 5.27. The number of fused-ring (bicyclic) bond motifs is 10. The van der Waals surface area contributed by atoms with Crippen LogP contribution in [0.3, 0.4) is 0 Å². The summed E-state index contributed by atoms with van der Waals surface area (Å²) in [5, 5.41) is 17.5. The van der Waals surface area contributed by atoms with Crippen molar-refractivity contribution in [2.24, 2.45) is 9.98 Å². The van der Waals surface area contributed by atoms with Gasteiger partial charge in [0.25, 0.3) is 0 Å². The summed E-state index contributed by atoms with van der Waals surface area (Å²) in [5.74, 6) is 0.594. The number of furan rings is 1. The van der Waals surface area contributed by atoms with Gasteiger partial charge >= 0.3 is 0 Å². The number of hydrogen-bond donors (Lipinski definition) is 1. The van der Waals surface area contributed by atoms with E-state index in [0.29, 0.717) is 5.84 Å². The van der Waals surface area contributed by atoms with Gasteiger partial charge in [-0.25, -0.2) is 9.98 Å². The smallest absolute Gasteiger partial charge is 0.161 e. The van der Waals surface area contributed by atoms with Gasteiger partial charge in [-0.3, -0.25) is 5.41 Å². The quantitative estimate of drug-likeness (QED) is 0.126. The molecule has 12 aromatic rings. The molecule has 0 saturated carbocycles. The summed E-state index contributed by atoms with van der Waals surface area (Å²) in [6.07, 6.45) is 7.95. The topological polar surface area (TPSA) is 61.7 Å². The third kappa shape index (κ3) is 6.67. The van der Waals surface area contributed by atoms with Crippen LogP contribution in [0, 0.1) is 5.41 Å². The zero-order chi connectivity index (χ0) is 43.6. The maximum absolute atomic E-state index is 9.38. The molecular weight excluding hydrogens is 851 g/mol. The Morgan fingerprint density at radius 1 is 0.554 bits per heavy atom. The monoisotopic (exact) mass is 887 g/mol. The van der Waals surface area contributed by atoms with Crippen LogP contribution in [-0.4, -0.2) is 17.9 Å². The van der Waals surface area contributed by atoms with E-state index in [9.17, 15) is 5.41 Å². The molecule has 65 heavy (non-hydrogen) atoms. The molecule has 0 unspecified atom stereocenters. The maximum Gasteiger partial charge on any atom is 0.161 e. The van der Waals surface area contributed by atoms with Crippen molar-refractivity contribution in [3.63, 3.8) is 0 Å². The molecule has 308 valence electrons. The van der Waals surface area contributed by atoms with Gasteiger partial charge < -0.3 is 4.42 Å². The summed E-state index contributed by atoms with van der Waals surface area (Å²) < 4.78 is 12.5. The van der Waals surface area contributed by atoms with Crippen molar-refractivity contribution < 1.29 is 4.42 Å². The fourth-order valence-electron chi connectivity index (χ4n) is 9.20. The van der Waals surface area contributed by atoms with E-state index < -0.39 is 0 Å². The Kier molecular flexibility index (Phi) is 9.56. The highest BCUT2D eigenvalue weighted by Crippen LogP contribution is 2.45. The van der Waals surface area contributed by atoms with E-state index in [4.69, 9.17) is 14.4 Å². The summed E-state index contributed by atoms with van der Waals surface area (Å²) in [6, 6.07) is 57.6. The summed E-state index contributed by atoms with van der Waals surface area (Å²) in [6.45, 7) is 6.08. The van der Waals surface area contributed by atoms with Crippen LogP contribution in [0.5, 0.6) is 0 Å². The average molecular weight is 888 g/mol. The maximum atomic E-state index is 9.38. The van der Waals surface area contributed by atoms with E-state index >= 15 is 0 Å². The van der Waals surface area contributed by atoms with Crippen LogP contribution in [0.15, 0.2) is 191 Å². The van der Waals surface area contributed by atoms with E-state index in [1.807, 2.05) is 54.8 Å². The number of rotatable bonds is 7. The first kappa shape index (κ1) is 39.1. The van der Waals surface area contributed by atoms with Crippen LogP contribution in [0.2, 0.25) is 0 Å². The zero-order valence-corrected chi connectivity index (χ0v) is 37.6. The lowest BCUT2D eigenvalue weighted by Crippen LogP contribution is -2.04. The predicted molar refractivity (Wildman–Crippen MR) is 284 cm³/mol. The first-order valence-corrected chi connectivity index (χ1v) is 23.9. The predicted octanol–water partition coefficient (Wildman–Crippen LogP) is 17.4. The molecule has 0 atom stereocenters. The Bertz CT molecular complexity index is 4010. The molecule has 0 saturated heterocycles. The van der Waals surface area contributed by atoms with Gasteiger partial charge in [0.05, 0.1) is 0 Å². The van der Waals surface area contributed by atoms with Crippen molar-refractivity contribution in [1.82, 2.24) is 0 Å². The molecule has 0 radical (unpaired) electrons. The van der Waals surface area contributed by atoms with Gasteiger partial charge in [0, 0.05) is 89.0 Å². The second-order valence-electron chi connectivity index (χ2n) is 16.0. The fraction of sp³-hybridized carbons (Fsp3) is 0.0172. The number of amidine groups is 2. The number of thiophene rings is 3. The highest BCUT2D eigenvalue weighted by Gasteiger charge is 2.18. The van der Waals surface area contributed by atoms with E-state index in [1.54, 1.807) is 22.7 Å². The van der Waals surface area contributed by atoms with Crippen molar-refractivity contribution in [2.75, 3.05) is 0 Å². The van der Waals surface area contributed by atoms with Crippen LogP contribution >= 0.6 is 34.0 Å². The molecule has 0 aliphatic rings. The standard InChI is InChI=1S/C58H37N3OS3/c1-3-13-41-43-27-24-36(31-52(43)63-48(41)4-2)57(59)61-58(37-25-28-44-42-17-8-9-21-49(42)64-53(44)32-37)60-33-38-16-10-20-47-54(38)45-30-35(26-29-46(45)62-47)40-19-12-23-51-56(40)55-39(18-11-22-50(55)65-51)34-14-6-5-7-15-34/h3-33,59H,2H2,1H3/b13-3-,59-57?,60-33?,61-58?. The lowest BCUT2D eigenvalue weighted by atomic mass is 9.94. The van der Waals surface area contributed by atoms with Gasteiger partial charge in [-0.15, -0.1) is 34.0 Å². The minimum absolute atomic E-state index is 0.138. The average Bonchev–Trinajstić information content (AvgIpc) is 4.12. The number of allylic oxidation sites excluding steroid dienone is 1. The number of nitrogens with one attached hydrogen (secondary N) is 1. The number of aliphatic imine (C=N–C) groups is 2. The van der Waals surface area contributed by atoms with Crippen molar-refractivity contribution in [2.45, 2.75) is 6.92 Å². The van der Waals surface area contributed by atoms with Crippen LogP contribution in [0.25, 0.3) is 107 Å². The zero-order valence-electron chi connectivity index (χ0n) is 35.1. The van der Waals surface area contributed by atoms with Crippen LogP contribution < -0.4 is 0 Å². The lowest BCUT2D eigenvalue weighted by molar-refractivity contribution is 0.669. The SMILES string of the molecule is C=Cc1sc2cc(C(=N)N=C(N=Cc3cccc4oc5ccc(-c6cccc7sc8cccc(-c9ccccc9)c8c67)cc5c34)c3ccc4c(c3)sc3ccccc34)ccc2c1/C=C\C. The highest BCUT2D eigenvalue weighted by atomic mass is 32.1. The third-order valence-electron chi connectivity index (χ3n) is 12.2. The second kappa shape index (κ2) is 15.9. The number of benzene rings is 8. The first-order chi connectivity index (χ1) is 32.0. The molecule has 0 spiro atoms. The van der Waals surface area contributed by atoms with Gasteiger partial charge in [0.2, 0.25) is 0 Å². The minimum Gasteiger partial charge on any atom is -0.456 e. The Balaban J connectivity index is 0.994. The van der Waals surface area contributed by atoms with Gasteiger partial charge in [-0.2, -0.15) is 0 Å². The normalized spacial score (nSPS) is 12.5. The van der Waals surface area contributed by atoms with E-state index in [-0.39, 0.29) is 5.84 Å². The largest absolute Gasteiger partial charge is 0.456 e. The lowest BCUT2D eigenvalue weighted by Gasteiger charge is -2.09. The summed E-state index contributed by atoms with van der Waals surface area (Å²) in [4.78, 5) is 11.3. The Morgan fingerprint density at radius 2 is 1.23 bits per heavy atom. The van der Waals surface area contributed by atoms with Gasteiger partial charge in [-0.1, -0.05) is 140 Å². The Morgan fingerprint density at radius 3 is 2.05 bits per heavy atom. The second-order valence-corrected chi connectivity index (χ2v) is 19.3. The fourth-order valence-corrected chi connectivity index (χ4v) is 12.6. The number of nitrogens with zero attached hydrogens (tertiary/aromatic N) is 2. The molecule has 0 amide bonds. The summed E-state index contributed by atoms with van der Waals surface area (Å²) in [5.41, 5.74) is 9.94. The van der Waals surface area contributed by atoms with E-state index in [2.05, 4.69) is 158 Å². The number of hydrogen-bond acceptors (Lipinski definition) is 5. The van der Waals surface area contributed by atoms with Gasteiger partial charge in [-0.05, 0) is 83.3 Å². The highest BCUT2D eigenvalue weighted by molar-refractivity contribution is 7.26. The molecule has 0 aliphatic carbocycles.